The van der Waals surface area contributed by atoms with E-state index in [2.05, 4.69) is 64.9 Å². The van der Waals surface area contributed by atoms with Crippen LogP contribution in [0.1, 0.15) is 48.5 Å². The molecule has 0 saturated carbocycles. The predicted molar refractivity (Wildman–Crippen MR) is 69.5 cm³/mol. The van der Waals surface area contributed by atoms with Gasteiger partial charge >= 0.3 is 0 Å². The second-order valence-electron chi connectivity index (χ2n) is 5.58. The minimum Gasteiger partial charge on any atom is -0.384 e. The first-order valence-corrected chi connectivity index (χ1v) is 5.68. The molecule has 0 aliphatic rings. The van der Waals surface area contributed by atoms with Crippen LogP contribution in [0.3, 0.4) is 0 Å². The molecule has 0 aliphatic heterocycles. The van der Waals surface area contributed by atoms with Crippen molar-refractivity contribution in [3.63, 3.8) is 0 Å². The van der Waals surface area contributed by atoms with Gasteiger partial charge in [0.15, 0.2) is 0 Å². The molecule has 2 nitrogen and oxygen atoms in total. The summed E-state index contributed by atoms with van der Waals surface area (Å²) in [7, 11) is 0. The van der Waals surface area contributed by atoms with E-state index in [1.165, 1.54) is 5.70 Å². The molecule has 15 heavy (non-hydrogen) atoms. The lowest BCUT2D eigenvalue weighted by Gasteiger charge is -2.22. The summed E-state index contributed by atoms with van der Waals surface area (Å²) in [6.45, 7) is 15.9. The summed E-state index contributed by atoms with van der Waals surface area (Å²) in [5.41, 5.74) is 2.39. The Morgan fingerprint density at radius 1 is 1.27 bits per heavy atom. The zero-order valence-electron chi connectivity index (χ0n) is 11.3. The van der Waals surface area contributed by atoms with Gasteiger partial charge in [-0.3, -0.25) is 4.99 Å². The van der Waals surface area contributed by atoms with Gasteiger partial charge in [-0.15, -0.1) is 0 Å². The summed E-state index contributed by atoms with van der Waals surface area (Å²) in [5, 5.41) is 3.42. The molecule has 0 saturated heterocycles. The third kappa shape index (κ3) is 9.51. The Balaban J connectivity index is 4.29. The van der Waals surface area contributed by atoms with Crippen LogP contribution in [-0.2, 0) is 0 Å². The van der Waals surface area contributed by atoms with E-state index in [0.717, 1.165) is 12.3 Å². The fourth-order valence-corrected chi connectivity index (χ4v) is 1.31. The van der Waals surface area contributed by atoms with Crippen molar-refractivity contribution in [3.8, 4) is 0 Å². The molecule has 0 rings (SSSR count). The molecule has 0 aromatic heterocycles. The predicted octanol–water partition coefficient (Wildman–Crippen LogP) is 3.40. The molecule has 0 heterocycles. The number of nitrogens with one attached hydrogen (secondary N) is 1. The molecular weight excluding hydrogens is 184 g/mol. The number of aliphatic imine (C=N–C) groups is 1. The van der Waals surface area contributed by atoms with Crippen molar-refractivity contribution < 1.29 is 0 Å². The van der Waals surface area contributed by atoms with E-state index in [-0.39, 0.29) is 5.54 Å². The van der Waals surface area contributed by atoms with Crippen LogP contribution in [0.15, 0.2) is 16.8 Å². The van der Waals surface area contributed by atoms with Gasteiger partial charge in [0.25, 0.3) is 0 Å². The normalized spacial score (nSPS) is 14.7. The summed E-state index contributed by atoms with van der Waals surface area (Å²) in [6, 6.07) is 0. The van der Waals surface area contributed by atoms with E-state index in [4.69, 9.17) is 0 Å². The monoisotopic (exact) mass is 210 g/mol. The number of hydrogen-bond donors (Lipinski definition) is 1. The lowest BCUT2D eigenvalue weighted by molar-refractivity contribution is 0.474. The van der Waals surface area contributed by atoms with Gasteiger partial charge in [0.05, 0.1) is 0 Å². The van der Waals surface area contributed by atoms with Crippen molar-refractivity contribution >= 4 is 5.71 Å². The van der Waals surface area contributed by atoms with Crippen molar-refractivity contribution in [2.75, 3.05) is 6.54 Å². The van der Waals surface area contributed by atoms with Gasteiger partial charge in [-0.1, -0.05) is 13.8 Å². The zero-order chi connectivity index (χ0) is 12.1. The molecule has 0 aromatic carbocycles. The van der Waals surface area contributed by atoms with Crippen LogP contribution in [0.4, 0.5) is 0 Å². The number of allylic oxidation sites excluding steroid dienone is 2. The van der Waals surface area contributed by atoms with Gasteiger partial charge in [0.1, 0.15) is 0 Å². The van der Waals surface area contributed by atoms with E-state index in [1.807, 2.05) is 0 Å². The maximum absolute atomic E-state index is 4.49. The van der Waals surface area contributed by atoms with Gasteiger partial charge in [-0.25, -0.2) is 0 Å². The Labute approximate surface area is 94.9 Å². The topological polar surface area (TPSA) is 24.4 Å². The van der Waals surface area contributed by atoms with Crippen LogP contribution >= 0.6 is 0 Å². The Hall–Kier alpha value is -0.790. The van der Waals surface area contributed by atoms with Gasteiger partial charge in [0.2, 0.25) is 0 Å². The first-order valence-electron chi connectivity index (χ1n) is 5.68. The van der Waals surface area contributed by atoms with Crippen LogP contribution in [0.25, 0.3) is 0 Å². The van der Waals surface area contributed by atoms with Crippen molar-refractivity contribution in [1.82, 2.24) is 5.32 Å². The van der Waals surface area contributed by atoms with E-state index >= 15 is 0 Å². The standard InChI is InChI=1S/C13H26N2/c1-10(2)9-14-11(3)8-12(4)15-13(5,6)7/h8,10,15H,9H2,1-7H3/b12-8-,14-11?. The average Bonchev–Trinajstić information content (AvgIpc) is 1.96. The van der Waals surface area contributed by atoms with Gasteiger partial charge in [-0.05, 0) is 46.6 Å². The average molecular weight is 210 g/mol. The molecule has 0 amide bonds. The summed E-state index contributed by atoms with van der Waals surface area (Å²) in [4.78, 5) is 4.49. The van der Waals surface area contributed by atoms with E-state index < -0.39 is 0 Å². The Morgan fingerprint density at radius 3 is 2.20 bits per heavy atom. The van der Waals surface area contributed by atoms with Crippen molar-refractivity contribution in [2.24, 2.45) is 10.9 Å². The molecular formula is C13H26N2. The van der Waals surface area contributed by atoms with Crippen molar-refractivity contribution in [1.29, 1.82) is 0 Å². The molecule has 0 radical (unpaired) electrons. The molecule has 0 bridgehead atoms. The van der Waals surface area contributed by atoms with Gasteiger partial charge in [0, 0.05) is 23.5 Å². The highest BCUT2D eigenvalue weighted by molar-refractivity contribution is 5.93. The third-order valence-electron chi connectivity index (χ3n) is 1.70. The minimum absolute atomic E-state index is 0.124. The molecule has 0 aliphatic carbocycles. The fraction of sp³-hybridized carbons (Fsp3) is 0.769. The van der Waals surface area contributed by atoms with E-state index in [0.29, 0.717) is 5.92 Å². The van der Waals surface area contributed by atoms with Crippen molar-refractivity contribution in [2.45, 2.75) is 54.0 Å². The summed E-state index contributed by atoms with van der Waals surface area (Å²) < 4.78 is 0. The first kappa shape index (κ1) is 14.2. The quantitative estimate of drug-likeness (QED) is 0.707. The lowest BCUT2D eigenvalue weighted by atomic mass is 10.1. The highest BCUT2D eigenvalue weighted by Crippen LogP contribution is 2.03. The Morgan fingerprint density at radius 2 is 1.80 bits per heavy atom. The summed E-state index contributed by atoms with van der Waals surface area (Å²) in [6.07, 6.45) is 2.10. The minimum atomic E-state index is 0.124. The molecule has 0 unspecified atom stereocenters. The number of nitrogens with zero attached hydrogens (tertiary/aromatic N) is 1. The SMILES string of the molecule is CC(/C=C(/C)NC(C)(C)C)=NCC(C)C. The second-order valence-corrected chi connectivity index (χ2v) is 5.58. The van der Waals surface area contributed by atoms with Gasteiger partial charge in [-0.2, -0.15) is 0 Å². The maximum Gasteiger partial charge on any atom is 0.0415 e. The molecule has 88 valence electrons. The third-order valence-corrected chi connectivity index (χ3v) is 1.70. The van der Waals surface area contributed by atoms with Crippen LogP contribution in [0.5, 0.6) is 0 Å². The molecule has 2 heteroatoms. The van der Waals surface area contributed by atoms with Crippen LogP contribution in [0.2, 0.25) is 0 Å². The van der Waals surface area contributed by atoms with Crippen LogP contribution in [0, 0.1) is 5.92 Å². The Bertz CT molecular complexity index is 242. The maximum atomic E-state index is 4.49. The highest BCUT2D eigenvalue weighted by atomic mass is 15.0. The molecule has 0 atom stereocenters. The molecule has 0 aromatic rings. The fourth-order valence-electron chi connectivity index (χ4n) is 1.31. The molecule has 0 spiro atoms. The largest absolute Gasteiger partial charge is 0.384 e. The molecule has 1 N–H and O–H groups in total. The zero-order valence-corrected chi connectivity index (χ0v) is 11.3. The Kier molecular flexibility index (Phi) is 5.63. The summed E-state index contributed by atoms with van der Waals surface area (Å²) >= 11 is 0. The highest BCUT2D eigenvalue weighted by Gasteiger charge is 2.08. The smallest absolute Gasteiger partial charge is 0.0415 e. The second kappa shape index (κ2) is 5.94. The molecule has 0 fully saturated rings. The van der Waals surface area contributed by atoms with Crippen molar-refractivity contribution in [3.05, 3.63) is 11.8 Å². The lowest BCUT2D eigenvalue weighted by Crippen LogP contribution is -2.34. The van der Waals surface area contributed by atoms with Gasteiger partial charge < -0.3 is 5.32 Å². The van der Waals surface area contributed by atoms with E-state index in [9.17, 15) is 0 Å². The van der Waals surface area contributed by atoms with Crippen LogP contribution in [-0.4, -0.2) is 17.8 Å². The van der Waals surface area contributed by atoms with E-state index in [1.54, 1.807) is 0 Å². The van der Waals surface area contributed by atoms with Crippen LogP contribution < -0.4 is 5.32 Å². The number of rotatable bonds is 4. The number of hydrogen-bond acceptors (Lipinski definition) is 2. The summed E-state index contributed by atoms with van der Waals surface area (Å²) in [5.74, 6) is 0.629. The first-order chi connectivity index (χ1) is 6.70.